The number of nitrogens with one attached hydrogen (secondary N) is 1. The first-order chi connectivity index (χ1) is 13.4. The van der Waals surface area contributed by atoms with Crippen LogP contribution in [0.5, 0.6) is 17.4 Å². The maximum atomic E-state index is 9.94. The van der Waals surface area contributed by atoms with Crippen molar-refractivity contribution in [1.29, 1.82) is 5.26 Å². The number of nitrogens with zero attached hydrogens (tertiary/aromatic N) is 2. The van der Waals surface area contributed by atoms with Gasteiger partial charge in [-0.3, -0.25) is 5.10 Å². The van der Waals surface area contributed by atoms with E-state index < -0.39 is 5.92 Å². The predicted octanol–water partition coefficient (Wildman–Crippen LogP) is 4.01. The lowest BCUT2D eigenvalue weighted by molar-refractivity contribution is 0.378. The second-order valence-corrected chi connectivity index (χ2v) is 6.93. The molecule has 1 aliphatic rings. The number of halogens is 2. The Labute approximate surface area is 169 Å². The molecule has 140 valence electrons. The first-order valence-electron chi connectivity index (χ1n) is 8.04. The van der Waals surface area contributed by atoms with E-state index in [-0.39, 0.29) is 28.8 Å². The number of allylic oxidation sites excluding steroid dienone is 1. The summed E-state index contributed by atoms with van der Waals surface area (Å²) in [5.41, 5.74) is 8.40. The SMILES string of the molecule is N#CC1=C(N)Oc2n[nH]c(-c3ccc(Cl)c(Cl)c3)c2C1c1ccc(O)c(O)c1. The summed E-state index contributed by atoms with van der Waals surface area (Å²) < 4.78 is 5.52. The summed E-state index contributed by atoms with van der Waals surface area (Å²) in [5, 5.41) is 37.1. The topological polar surface area (TPSA) is 128 Å². The minimum absolute atomic E-state index is 0.0836. The monoisotopic (exact) mass is 414 g/mol. The highest BCUT2D eigenvalue weighted by Gasteiger charge is 2.36. The van der Waals surface area contributed by atoms with Crippen molar-refractivity contribution in [2.24, 2.45) is 5.73 Å². The Morgan fingerprint density at radius 3 is 2.57 bits per heavy atom. The molecule has 1 atom stereocenters. The van der Waals surface area contributed by atoms with Gasteiger partial charge in [-0.25, -0.2) is 0 Å². The molecule has 1 aliphatic heterocycles. The minimum Gasteiger partial charge on any atom is -0.504 e. The highest BCUT2D eigenvalue weighted by Crippen LogP contribution is 2.47. The van der Waals surface area contributed by atoms with Gasteiger partial charge in [0.1, 0.15) is 11.6 Å². The molecule has 0 spiro atoms. The van der Waals surface area contributed by atoms with Crippen LogP contribution in [0.2, 0.25) is 10.0 Å². The van der Waals surface area contributed by atoms with Crippen molar-refractivity contribution in [3.05, 3.63) is 69.0 Å². The molecular weight excluding hydrogens is 403 g/mol. The average molecular weight is 415 g/mol. The molecule has 0 radical (unpaired) electrons. The zero-order chi connectivity index (χ0) is 20.0. The molecule has 0 bridgehead atoms. The summed E-state index contributed by atoms with van der Waals surface area (Å²) in [5.74, 6) is -1.15. The fourth-order valence-corrected chi connectivity index (χ4v) is 3.47. The zero-order valence-electron chi connectivity index (χ0n) is 14.1. The van der Waals surface area contributed by atoms with E-state index in [4.69, 9.17) is 33.7 Å². The fraction of sp³-hybridized carbons (Fsp3) is 0.0526. The summed E-state index contributed by atoms with van der Waals surface area (Å²) in [4.78, 5) is 0. The van der Waals surface area contributed by atoms with E-state index in [0.717, 1.165) is 0 Å². The van der Waals surface area contributed by atoms with Crippen LogP contribution in [0.25, 0.3) is 11.3 Å². The number of H-pyrrole nitrogens is 1. The van der Waals surface area contributed by atoms with Crippen molar-refractivity contribution in [3.8, 4) is 34.7 Å². The van der Waals surface area contributed by atoms with Crippen molar-refractivity contribution in [3.63, 3.8) is 0 Å². The van der Waals surface area contributed by atoms with Gasteiger partial charge in [0.2, 0.25) is 11.8 Å². The summed E-state index contributed by atoms with van der Waals surface area (Å²) in [6.45, 7) is 0. The molecule has 0 aliphatic carbocycles. The molecule has 0 fully saturated rings. The molecule has 2 aromatic carbocycles. The maximum Gasteiger partial charge on any atom is 0.244 e. The van der Waals surface area contributed by atoms with Crippen LogP contribution >= 0.6 is 23.2 Å². The normalized spacial score (nSPS) is 15.7. The lowest BCUT2D eigenvalue weighted by atomic mass is 9.83. The highest BCUT2D eigenvalue weighted by molar-refractivity contribution is 6.42. The molecular formula is C19H12Cl2N4O3. The largest absolute Gasteiger partial charge is 0.504 e. The van der Waals surface area contributed by atoms with Crippen LogP contribution in [0.4, 0.5) is 0 Å². The third-order valence-electron chi connectivity index (χ3n) is 4.48. The number of phenolic OH excluding ortho intramolecular Hbond substituents is 2. The molecule has 4 rings (SSSR count). The molecule has 0 saturated carbocycles. The number of nitrogens with two attached hydrogens (primary N) is 1. The van der Waals surface area contributed by atoms with Crippen molar-refractivity contribution >= 4 is 23.2 Å². The smallest absolute Gasteiger partial charge is 0.244 e. The number of aromatic amines is 1. The van der Waals surface area contributed by atoms with E-state index in [0.29, 0.717) is 32.4 Å². The third-order valence-corrected chi connectivity index (χ3v) is 5.22. The van der Waals surface area contributed by atoms with Crippen LogP contribution in [0.3, 0.4) is 0 Å². The van der Waals surface area contributed by atoms with E-state index in [2.05, 4.69) is 16.3 Å². The quantitative estimate of drug-likeness (QED) is 0.468. The maximum absolute atomic E-state index is 9.94. The molecule has 2 heterocycles. The summed E-state index contributed by atoms with van der Waals surface area (Å²) >= 11 is 12.2. The molecule has 0 saturated heterocycles. The minimum atomic E-state index is -0.677. The molecule has 0 amide bonds. The molecule has 28 heavy (non-hydrogen) atoms. The Hall–Kier alpha value is -3.34. The van der Waals surface area contributed by atoms with Gasteiger partial charge >= 0.3 is 0 Å². The molecule has 3 aromatic rings. The zero-order valence-corrected chi connectivity index (χ0v) is 15.6. The van der Waals surface area contributed by atoms with Gasteiger partial charge in [-0.1, -0.05) is 35.3 Å². The van der Waals surface area contributed by atoms with Gasteiger partial charge in [-0.15, -0.1) is 5.10 Å². The van der Waals surface area contributed by atoms with E-state index in [1.807, 2.05) is 0 Å². The first-order valence-corrected chi connectivity index (χ1v) is 8.79. The number of rotatable bonds is 2. The van der Waals surface area contributed by atoms with Gasteiger partial charge in [-0.2, -0.15) is 5.26 Å². The molecule has 7 nitrogen and oxygen atoms in total. The Balaban J connectivity index is 1.96. The molecule has 9 heteroatoms. The predicted molar refractivity (Wildman–Crippen MR) is 103 cm³/mol. The van der Waals surface area contributed by atoms with Gasteiger partial charge in [0.05, 0.1) is 27.2 Å². The van der Waals surface area contributed by atoms with Crippen molar-refractivity contribution in [2.75, 3.05) is 0 Å². The van der Waals surface area contributed by atoms with Gasteiger partial charge in [0.15, 0.2) is 11.5 Å². The number of fused-ring (bicyclic) bond motifs is 1. The van der Waals surface area contributed by atoms with E-state index in [1.165, 1.54) is 12.1 Å². The summed E-state index contributed by atoms with van der Waals surface area (Å²) in [7, 11) is 0. The standard InChI is InChI=1S/C19H12Cl2N4O3/c20-11-3-1-9(5-12(11)21)17-16-15(8-2-4-13(26)14(27)6-8)10(7-22)18(23)28-19(16)25-24-17/h1-6,15,26-27H,23H2,(H,24,25). The molecule has 1 aromatic heterocycles. The Morgan fingerprint density at radius 2 is 1.89 bits per heavy atom. The number of nitriles is 1. The summed E-state index contributed by atoms with van der Waals surface area (Å²) in [6.07, 6.45) is 0. The number of aromatic hydroxyl groups is 2. The van der Waals surface area contributed by atoms with Crippen LogP contribution in [-0.4, -0.2) is 20.4 Å². The Morgan fingerprint density at radius 1 is 1.11 bits per heavy atom. The van der Waals surface area contributed by atoms with E-state index >= 15 is 0 Å². The number of benzene rings is 2. The Kier molecular flexibility index (Phi) is 4.30. The van der Waals surface area contributed by atoms with Gasteiger partial charge < -0.3 is 20.7 Å². The van der Waals surface area contributed by atoms with Crippen LogP contribution in [-0.2, 0) is 0 Å². The molecule has 5 N–H and O–H groups in total. The Bertz CT molecular complexity index is 1180. The number of hydrogen-bond acceptors (Lipinski definition) is 6. The molecule has 1 unspecified atom stereocenters. The van der Waals surface area contributed by atoms with Crippen LogP contribution in [0.15, 0.2) is 47.9 Å². The first kappa shape index (κ1) is 18.0. The van der Waals surface area contributed by atoms with Crippen LogP contribution in [0, 0.1) is 11.3 Å². The lowest BCUT2D eigenvalue weighted by Crippen LogP contribution is -2.20. The van der Waals surface area contributed by atoms with Crippen LogP contribution < -0.4 is 10.5 Å². The number of hydrogen-bond donors (Lipinski definition) is 4. The fourth-order valence-electron chi connectivity index (χ4n) is 3.17. The average Bonchev–Trinajstić information content (AvgIpc) is 3.08. The van der Waals surface area contributed by atoms with E-state index in [1.54, 1.807) is 24.3 Å². The van der Waals surface area contributed by atoms with Crippen molar-refractivity contribution < 1.29 is 14.9 Å². The lowest BCUT2D eigenvalue weighted by Gasteiger charge is -2.24. The van der Waals surface area contributed by atoms with Gasteiger partial charge in [-0.05, 0) is 29.8 Å². The number of phenols is 2. The number of ether oxygens (including phenoxy) is 1. The van der Waals surface area contributed by atoms with Gasteiger partial charge in [0, 0.05) is 5.56 Å². The van der Waals surface area contributed by atoms with Crippen LogP contribution in [0.1, 0.15) is 17.0 Å². The summed E-state index contributed by atoms with van der Waals surface area (Å²) in [6, 6.07) is 11.4. The number of aromatic nitrogens is 2. The second kappa shape index (κ2) is 6.68. The van der Waals surface area contributed by atoms with Gasteiger partial charge in [0.25, 0.3) is 0 Å². The second-order valence-electron chi connectivity index (χ2n) is 6.12. The third kappa shape index (κ3) is 2.80. The van der Waals surface area contributed by atoms with E-state index in [9.17, 15) is 15.5 Å². The highest BCUT2D eigenvalue weighted by atomic mass is 35.5. The van der Waals surface area contributed by atoms with Crippen molar-refractivity contribution in [1.82, 2.24) is 10.2 Å². The van der Waals surface area contributed by atoms with Crippen molar-refractivity contribution in [2.45, 2.75) is 5.92 Å².